The van der Waals surface area contributed by atoms with Crippen molar-refractivity contribution < 1.29 is 19.2 Å². The first-order valence-electron chi connectivity index (χ1n) is 15.1. The Hall–Kier alpha value is -4.18. The summed E-state index contributed by atoms with van der Waals surface area (Å²) < 4.78 is 0. The van der Waals surface area contributed by atoms with Crippen molar-refractivity contribution in [2.45, 2.75) is 82.1 Å². The molecule has 4 nitrogen and oxygen atoms in total. The molecule has 0 atom stereocenters. The van der Waals surface area contributed by atoms with Gasteiger partial charge in [0.1, 0.15) is 0 Å². The lowest BCUT2D eigenvalue weighted by molar-refractivity contribution is -0.136. The van der Waals surface area contributed by atoms with Crippen LogP contribution in [0.4, 0.5) is 0 Å². The molecule has 0 amide bonds. The topological polar surface area (TPSA) is 68.3 Å². The fourth-order valence-electron chi connectivity index (χ4n) is 5.30. The lowest BCUT2D eigenvalue weighted by Crippen LogP contribution is -2.32. The molecular weight excluding hydrogens is 544 g/mol. The number of carbonyl (C=O) groups excluding carboxylic acids is 4. The first-order chi connectivity index (χ1) is 20.5. The van der Waals surface area contributed by atoms with Crippen molar-refractivity contribution in [3.63, 3.8) is 0 Å². The van der Waals surface area contributed by atoms with Crippen molar-refractivity contribution in [2.75, 3.05) is 0 Å². The number of hydrogen-bond acceptors (Lipinski definition) is 4. The highest BCUT2D eigenvalue weighted by Crippen LogP contribution is 2.39. The van der Waals surface area contributed by atoms with Gasteiger partial charge in [-0.05, 0) is 63.5 Å². The predicted octanol–water partition coefficient (Wildman–Crippen LogP) is 9.32. The molecule has 2 rings (SSSR count). The number of Topliss-reactive ketones (excluding diaryl/α,β-unsaturated/α-hetero) is 4. The molecule has 0 N–H and O–H groups in total. The Morgan fingerprint density at radius 3 is 1.14 bits per heavy atom. The van der Waals surface area contributed by atoms with Crippen molar-refractivity contribution in [2.24, 2.45) is 10.8 Å². The average Bonchev–Trinajstić information content (AvgIpc) is 2.92. The molecule has 4 heteroatoms. The van der Waals surface area contributed by atoms with Gasteiger partial charge in [0.15, 0.2) is 0 Å². The van der Waals surface area contributed by atoms with E-state index in [-0.39, 0.29) is 46.8 Å². The van der Waals surface area contributed by atoms with E-state index in [1.54, 1.807) is 13.8 Å². The van der Waals surface area contributed by atoms with Crippen LogP contribution in [0.2, 0.25) is 0 Å². The molecule has 0 radical (unpaired) electrons. The van der Waals surface area contributed by atoms with Crippen LogP contribution in [0, 0.1) is 10.8 Å². The molecule has 0 bridgehead atoms. The van der Waals surface area contributed by atoms with Gasteiger partial charge in [-0.1, -0.05) is 135 Å². The monoisotopic (exact) mass is 592 g/mol. The Bertz CT molecular complexity index is 1430. The molecule has 2 aliphatic rings. The zero-order valence-corrected chi connectivity index (χ0v) is 28.1. The van der Waals surface area contributed by atoms with E-state index in [0.29, 0.717) is 11.1 Å². The molecule has 0 aromatic carbocycles. The van der Waals surface area contributed by atoms with Crippen molar-refractivity contribution >= 4 is 23.1 Å². The molecular formula is C40H48O4. The third-order valence-corrected chi connectivity index (χ3v) is 7.95. The van der Waals surface area contributed by atoms with Gasteiger partial charge in [0, 0.05) is 24.0 Å². The zero-order chi connectivity index (χ0) is 33.2. The number of carbonyl (C=O) groups is 4. The highest BCUT2D eigenvalue weighted by atomic mass is 16.2. The Kier molecular flexibility index (Phi) is 12.7. The SMILES string of the molecule is CC(C=CC1=C(C)C(=O)C(=O)CC1(C)C)=CC=CC(C)=C/C=C/C=C(C)/C=C/C=C(C)/C=C/C1=C(C)C(=O)C(=O)CC1(C)C. The summed E-state index contributed by atoms with van der Waals surface area (Å²) in [5.41, 5.74) is 6.55. The van der Waals surface area contributed by atoms with Crippen LogP contribution in [-0.4, -0.2) is 23.1 Å². The van der Waals surface area contributed by atoms with Crippen LogP contribution < -0.4 is 0 Å². The van der Waals surface area contributed by atoms with Gasteiger partial charge in [0.25, 0.3) is 0 Å². The molecule has 0 heterocycles. The minimum Gasteiger partial charge on any atom is -0.290 e. The third-order valence-electron chi connectivity index (χ3n) is 7.95. The molecule has 2 aliphatic carbocycles. The van der Waals surface area contributed by atoms with Gasteiger partial charge < -0.3 is 0 Å². The van der Waals surface area contributed by atoms with Crippen molar-refractivity contribution in [3.05, 3.63) is 130 Å². The summed E-state index contributed by atoms with van der Waals surface area (Å²) in [5.74, 6) is -1.36. The summed E-state index contributed by atoms with van der Waals surface area (Å²) in [5, 5.41) is 0. The zero-order valence-electron chi connectivity index (χ0n) is 28.1. The molecule has 0 saturated carbocycles. The minimum absolute atomic E-state index is 0.246. The Balaban J connectivity index is 1.96. The maximum Gasteiger partial charge on any atom is 0.224 e. The molecule has 0 spiro atoms. The van der Waals surface area contributed by atoms with Gasteiger partial charge in [0.05, 0.1) is 0 Å². The standard InChI is InChI=1S/C40H48O4/c1-27(17-13-19-29(3)21-23-33-31(5)37(43)35(41)25-39(33,7)8)15-11-12-16-28(2)18-14-20-30(4)22-24-34-32(6)38(44)36(42)26-40(34,9)10/h11-24H,25-26H2,1-10H3/b12-11+,17-13+,18-14?,23-21+,24-22?,27-15+,28-16?,29-19+,30-20?. The van der Waals surface area contributed by atoms with E-state index < -0.39 is 0 Å². The van der Waals surface area contributed by atoms with Gasteiger partial charge in [-0.15, -0.1) is 0 Å². The van der Waals surface area contributed by atoms with Gasteiger partial charge in [-0.25, -0.2) is 0 Å². The van der Waals surface area contributed by atoms with Crippen molar-refractivity contribution in [3.8, 4) is 0 Å². The smallest absolute Gasteiger partial charge is 0.224 e. The van der Waals surface area contributed by atoms with Crippen LogP contribution >= 0.6 is 0 Å². The van der Waals surface area contributed by atoms with E-state index in [0.717, 1.165) is 33.4 Å². The Labute approximate surface area is 264 Å². The highest BCUT2D eigenvalue weighted by Gasteiger charge is 2.37. The molecule has 0 aromatic heterocycles. The lowest BCUT2D eigenvalue weighted by Gasteiger charge is -2.31. The molecule has 0 aromatic rings. The minimum atomic E-state index is -0.371. The van der Waals surface area contributed by atoms with Gasteiger partial charge in [-0.2, -0.15) is 0 Å². The number of allylic oxidation sites excluding steroid dienone is 22. The summed E-state index contributed by atoms with van der Waals surface area (Å²) in [4.78, 5) is 48.1. The lowest BCUT2D eigenvalue weighted by atomic mass is 9.71. The van der Waals surface area contributed by atoms with Crippen molar-refractivity contribution in [1.82, 2.24) is 0 Å². The van der Waals surface area contributed by atoms with E-state index >= 15 is 0 Å². The molecule has 232 valence electrons. The summed E-state index contributed by atoms with van der Waals surface area (Å²) in [7, 11) is 0. The van der Waals surface area contributed by atoms with E-state index in [9.17, 15) is 19.2 Å². The quantitative estimate of drug-likeness (QED) is 0.187. The van der Waals surface area contributed by atoms with E-state index in [2.05, 4.69) is 0 Å². The highest BCUT2D eigenvalue weighted by molar-refractivity contribution is 6.45. The Morgan fingerprint density at radius 1 is 0.500 bits per heavy atom. The van der Waals surface area contributed by atoms with E-state index in [1.165, 1.54) is 0 Å². The number of hydrogen-bond donors (Lipinski definition) is 0. The molecule has 44 heavy (non-hydrogen) atoms. The fourth-order valence-corrected chi connectivity index (χ4v) is 5.30. The summed E-state index contributed by atoms with van der Waals surface area (Å²) in [6.07, 6.45) is 28.6. The first kappa shape index (κ1) is 36.0. The van der Waals surface area contributed by atoms with Crippen LogP contribution in [0.1, 0.15) is 82.1 Å². The van der Waals surface area contributed by atoms with Crippen LogP contribution in [-0.2, 0) is 19.2 Å². The molecule has 0 saturated heterocycles. The predicted molar refractivity (Wildman–Crippen MR) is 183 cm³/mol. The van der Waals surface area contributed by atoms with E-state index in [4.69, 9.17) is 0 Å². The maximum absolute atomic E-state index is 12.1. The second-order valence-electron chi connectivity index (χ2n) is 13.1. The van der Waals surface area contributed by atoms with Crippen LogP contribution in [0.15, 0.2) is 130 Å². The van der Waals surface area contributed by atoms with Gasteiger partial charge >= 0.3 is 0 Å². The normalized spacial score (nSPS) is 21.2. The second kappa shape index (κ2) is 15.5. The van der Waals surface area contributed by atoms with Crippen molar-refractivity contribution in [1.29, 1.82) is 0 Å². The maximum atomic E-state index is 12.1. The second-order valence-corrected chi connectivity index (χ2v) is 13.1. The largest absolute Gasteiger partial charge is 0.290 e. The average molecular weight is 593 g/mol. The molecule has 0 fully saturated rings. The van der Waals surface area contributed by atoms with Gasteiger partial charge in [0.2, 0.25) is 23.1 Å². The molecule has 0 aliphatic heterocycles. The summed E-state index contributed by atoms with van der Waals surface area (Å²) in [6, 6.07) is 0. The van der Waals surface area contributed by atoms with Gasteiger partial charge in [-0.3, -0.25) is 19.2 Å². The Morgan fingerprint density at radius 2 is 0.795 bits per heavy atom. The third kappa shape index (κ3) is 10.2. The molecule has 0 unspecified atom stereocenters. The first-order valence-corrected chi connectivity index (χ1v) is 15.1. The summed E-state index contributed by atoms with van der Waals surface area (Å²) >= 11 is 0. The fraction of sp³-hybridized carbons (Fsp3) is 0.350. The summed E-state index contributed by atoms with van der Waals surface area (Å²) in [6.45, 7) is 19.6. The van der Waals surface area contributed by atoms with E-state index in [1.807, 2.05) is 140 Å². The van der Waals surface area contributed by atoms with Crippen LogP contribution in [0.25, 0.3) is 0 Å². The number of ketones is 4. The van der Waals surface area contributed by atoms with Crippen LogP contribution in [0.3, 0.4) is 0 Å². The van der Waals surface area contributed by atoms with Crippen LogP contribution in [0.5, 0.6) is 0 Å². The number of rotatable bonds is 10.